The molecule has 0 spiro atoms. The fraction of sp³-hybridized carbons (Fsp3) is 0.333. The number of amides is 1. The minimum Gasteiger partial charge on any atom is -0.550 e. The van der Waals surface area contributed by atoms with Crippen molar-refractivity contribution in [3.8, 4) is 0 Å². The van der Waals surface area contributed by atoms with Crippen molar-refractivity contribution >= 4 is 17.6 Å². The highest BCUT2D eigenvalue weighted by molar-refractivity contribution is 5.95. The largest absolute Gasteiger partial charge is 0.550 e. The van der Waals surface area contributed by atoms with E-state index < -0.39 is 35.5 Å². The van der Waals surface area contributed by atoms with Crippen LogP contribution in [0.1, 0.15) is 29.2 Å². The van der Waals surface area contributed by atoms with Crippen LogP contribution in [-0.2, 0) is 22.2 Å². The number of aliphatic carboxylic acids is 1. The van der Waals surface area contributed by atoms with Crippen molar-refractivity contribution in [2.45, 2.75) is 33.4 Å². The first-order valence-electron chi connectivity index (χ1n) is 8.73. The highest BCUT2D eigenvalue weighted by Gasteiger charge is 2.31. The Hall–Kier alpha value is -2.83. The number of carboxylic acids is 1. The van der Waals surface area contributed by atoms with Crippen molar-refractivity contribution in [3.05, 3.63) is 64.7 Å². The van der Waals surface area contributed by atoms with E-state index >= 15 is 0 Å². The van der Waals surface area contributed by atoms with Gasteiger partial charge in [-0.25, -0.2) is 0 Å². The Kier molecular flexibility index (Phi) is 6.48. The van der Waals surface area contributed by atoms with Crippen molar-refractivity contribution in [1.82, 2.24) is 0 Å². The number of rotatable bonds is 6. The lowest BCUT2D eigenvalue weighted by Crippen LogP contribution is -2.40. The number of carboxylic acid groups (broad SMARTS) is 1. The smallest absolute Gasteiger partial charge is 0.416 e. The summed E-state index contributed by atoms with van der Waals surface area (Å²) in [5.74, 6) is -4.18. The minimum atomic E-state index is -4.54. The Balaban J connectivity index is 2.28. The van der Waals surface area contributed by atoms with Gasteiger partial charge in [-0.05, 0) is 44.0 Å². The van der Waals surface area contributed by atoms with Gasteiger partial charge in [-0.2, -0.15) is 13.2 Å². The first-order chi connectivity index (χ1) is 13.0. The normalized spacial score (nSPS) is 13.6. The van der Waals surface area contributed by atoms with Crippen LogP contribution in [0.2, 0.25) is 0 Å². The van der Waals surface area contributed by atoms with E-state index in [1.54, 1.807) is 0 Å². The van der Waals surface area contributed by atoms with Gasteiger partial charge in [0.25, 0.3) is 0 Å². The van der Waals surface area contributed by atoms with Crippen LogP contribution in [0.15, 0.2) is 42.5 Å². The zero-order valence-electron chi connectivity index (χ0n) is 15.8. The van der Waals surface area contributed by atoms with E-state index in [1.807, 2.05) is 32.0 Å². The first kappa shape index (κ1) is 21.5. The molecule has 0 fully saturated rings. The molecule has 0 aromatic heterocycles. The van der Waals surface area contributed by atoms with Crippen LogP contribution in [0.5, 0.6) is 0 Å². The second-order valence-corrected chi connectivity index (χ2v) is 6.98. The van der Waals surface area contributed by atoms with Crippen LogP contribution in [0, 0.1) is 25.7 Å². The van der Waals surface area contributed by atoms with E-state index in [-0.39, 0.29) is 12.1 Å². The molecule has 0 aliphatic rings. The van der Waals surface area contributed by atoms with Gasteiger partial charge in [-0.15, -0.1) is 0 Å². The lowest BCUT2D eigenvalue weighted by Gasteiger charge is -2.24. The number of anilines is 1. The number of hydrogen-bond acceptors (Lipinski definition) is 3. The molecule has 2 rings (SSSR count). The van der Waals surface area contributed by atoms with Crippen LogP contribution in [0.3, 0.4) is 0 Å². The minimum absolute atomic E-state index is 0.0456. The Morgan fingerprint density at radius 1 is 1.07 bits per heavy atom. The van der Waals surface area contributed by atoms with E-state index in [9.17, 15) is 27.9 Å². The van der Waals surface area contributed by atoms with Crippen molar-refractivity contribution < 1.29 is 27.9 Å². The molecular weight excluding hydrogens is 371 g/mol. The molecule has 150 valence electrons. The average molecular weight is 392 g/mol. The zero-order chi connectivity index (χ0) is 21.1. The van der Waals surface area contributed by atoms with Crippen LogP contribution in [0.4, 0.5) is 18.9 Å². The third-order valence-electron chi connectivity index (χ3n) is 4.51. The molecule has 0 saturated carbocycles. The molecule has 0 radical (unpaired) electrons. The molecule has 2 aromatic carbocycles. The molecule has 0 bridgehead atoms. The Morgan fingerprint density at radius 2 is 1.68 bits per heavy atom. The molecule has 0 aliphatic carbocycles. The monoisotopic (exact) mass is 392 g/mol. The summed E-state index contributed by atoms with van der Waals surface area (Å²) >= 11 is 0. The van der Waals surface area contributed by atoms with Gasteiger partial charge >= 0.3 is 6.18 Å². The molecule has 28 heavy (non-hydrogen) atoms. The standard InChI is InChI=1S/C21H22F3NO3/c1-12-7-13(2)9-15(8-12)10-18(14(3)20(27)28)19(26)25-17-6-4-5-16(11-17)21(22,23)24/h4-9,11,14,18H,10H2,1-3H3,(H,25,26)(H,27,28)/p-1. The summed E-state index contributed by atoms with van der Waals surface area (Å²) < 4.78 is 38.6. The average Bonchev–Trinajstić information content (AvgIpc) is 2.57. The van der Waals surface area contributed by atoms with E-state index in [0.717, 1.165) is 28.8 Å². The number of carbonyl (C=O) groups is 2. The predicted octanol–water partition coefficient (Wildman–Crippen LogP) is 3.51. The van der Waals surface area contributed by atoms with Crippen LogP contribution >= 0.6 is 0 Å². The first-order valence-corrected chi connectivity index (χ1v) is 8.73. The summed E-state index contributed by atoms with van der Waals surface area (Å²) in [7, 11) is 0. The molecule has 2 atom stereocenters. The van der Waals surface area contributed by atoms with Gasteiger partial charge in [-0.3, -0.25) is 4.79 Å². The van der Waals surface area contributed by atoms with E-state index in [1.165, 1.54) is 19.1 Å². The fourth-order valence-corrected chi connectivity index (χ4v) is 3.11. The molecule has 2 unspecified atom stereocenters. The van der Waals surface area contributed by atoms with Crippen molar-refractivity contribution in [2.75, 3.05) is 5.32 Å². The SMILES string of the molecule is Cc1cc(C)cc(CC(C(=O)Nc2cccc(C(F)(F)F)c2)C(C)C(=O)[O-])c1. The summed E-state index contributed by atoms with van der Waals surface area (Å²) in [4.78, 5) is 24.1. The maximum Gasteiger partial charge on any atom is 0.416 e. The number of alkyl halides is 3. The van der Waals surface area contributed by atoms with Crippen molar-refractivity contribution in [3.63, 3.8) is 0 Å². The maximum atomic E-state index is 12.9. The quantitative estimate of drug-likeness (QED) is 0.818. The van der Waals surface area contributed by atoms with Gasteiger partial charge < -0.3 is 15.2 Å². The van der Waals surface area contributed by atoms with Crippen LogP contribution in [0.25, 0.3) is 0 Å². The molecular formula is C21H21F3NO3-. The number of benzene rings is 2. The summed E-state index contributed by atoms with van der Waals surface area (Å²) in [6.07, 6.45) is -4.42. The fourth-order valence-electron chi connectivity index (χ4n) is 3.11. The lowest BCUT2D eigenvalue weighted by atomic mass is 9.86. The van der Waals surface area contributed by atoms with E-state index in [4.69, 9.17) is 0 Å². The lowest BCUT2D eigenvalue weighted by molar-refractivity contribution is -0.312. The Morgan fingerprint density at radius 3 is 2.21 bits per heavy atom. The van der Waals surface area contributed by atoms with Gasteiger partial charge in [0, 0.05) is 17.6 Å². The maximum absolute atomic E-state index is 12.9. The summed E-state index contributed by atoms with van der Waals surface area (Å²) in [6, 6.07) is 9.86. The number of aryl methyl sites for hydroxylation is 2. The summed E-state index contributed by atoms with van der Waals surface area (Å²) in [5.41, 5.74) is 1.76. The molecule has 1 N–H and O–H groups in total. The van der Waals surface area contributed by atoms with Gasteiger partial charge in [0.05, 0.1) is 11.5 Å². The number of nitrogens with one attached hydrogen (secondary N) is 1. The van der Waals surface area contributed by atoms with Crippen LogP contribution in [-0.4, -0.2) is 11.9 Å². The topological polar surface area (TPSA) is 69.2 Å². The molecule has 2 aromatic rings. The Bertz CT molecular complexity index is 857. The van der Waals surface area contributed by atoms with E-state index in [2.05, 4.69) is 5.32 Å². The van der Waals surface area contributed by atoms with Gasteiger partial charge in [-0.1, -0.05) is 42.3 Å². The molecule has 4 nitrogen and oxygen atoms in total. The number of hydrogen-bond donors (Lipinski definition) is 1. The number of halogens is 3. The third kappa shape index (κ3) is 5.58. The molecule has 0 saturated heterocycles. The molecule has 1 amide bonds. The van der Waals surface area contributed by atoms with Gasteiger partial charge in [0.1, 0.15) is 0 Å². The molecule has 0 heterocycles. The van der Waals surface area contributed by atoms with Crippen molar-refractivity contribution in [1.29, 1.82) is 0 Å². The highest BCUT2D eigenvalue weighted by Crippen LogP contribution is 2.31. The third-order valence-corrected chi connectivity index (χ3v) is 4.51. The van der Waals surface area contributed by atoms with Crippen molar-refractivity contribution in [2.24, 2.45) is 11.8 Å². The van der Waals surface area contributed by atoms with Gasteiger partial charge in [0.15, 0.2) is 0 Å². The zero-order valence-corrected chi connectivity index (χ0v) is 15.8. The van der Waals surface area contributed by atoms with Crippen LogP contribution < -0.4 is 10.4 Å². The van der Waals surface area contributed by atoms with Gasteiger partial charge in [0.2, 0.25) is 5.91 Å². The summed E-state index contributed by atoms with van der Waals surface area (Å²) in [5, 5.41) is 13.8. The second kappa shape index (κ2) is 8.46. The molecule has 7 heteroatoms. The highest BCUT2D eigenvalue weighted by atomic mass is 19.4. The molecule has 0 aliphatic heterocycles. The predicted molar refractivity (Wildman–Crippen MR) is 97.4 cm³/mol. The summed E-state index contributed by atoms with van der Waals surface area (Å²) in [6.45, 7) is 5.13. The second-order valence-electron chi connectivity index (χ2n) is 6.98. The Labute approximate surface area is 161 Å². The van der Waals surface area contributed by atoms with E-state index in [0.29, 0.717) is 0 Å². The number of carbonyl (C=O) groups excluding carboxylic acids is 2.